The summed E-state index contributed by atoms with van der Waals surface area (Å²) in [6, 6.07) is 3.84. The number of carbonyl (C=O) groups is 2. The maximum atomic E-state index is 12.4. The van der Waals surface area contributed by atoms with Crippen molar-refractivity contribution in [3.05, 3.63) is 33.9 Å². The van der Waals surface area contributed by atoms with Gasteiger partial charge in [-0.05, 0) is 12.1 Å². The second kappa shape index (κ2) is 6.39. The number of methoxy groups -OCH3 is 1. The van der Waals surface area contributed by atoms with E-state index in [1.54, 1.807) is 0 Å². The molecule has 9 heteroatoms. The molecule has 1 aliphatic heterocycles. The van der Waals surface area contributed by atoms with E-state index in [0.29, 0.717) is 0 Å². The predicted octanol–water partition coefficient (Wildman–Crippen LogP) is 0.191. The van der Waals surface area contributed by atoms with E-state index in [1.807, 2.05) is 0 Å². The van der Waals surface area contributed by atoms with E-state index in [0.717, 1.165) is 6.07 Å². The first-order chi connectivity index (χ1) is 10.4. The fourth-order valence-electron chi connectivity index (χ4n) is 2.13. The van der Waals surface area contributed by atoms with Gasteiger partial charge in [0.1, 0.15) is 5.69 Å². The number of nitrogens with zero attached hydrogens (tertiary/aromatic N) is 2. The van der Waals surface area contributed by atoms with Crippen LogP contribution in [0.5, 0.6) is 0 Å². The highest BCUT2D eigenvalue weighted by molar-refractivity contribution is 5.96. The Bertz CT molecular complexity index is 618. The zero-order valence-electron chi connectivity index (χ0n) is 11.9. The SMILES string of the molecule is COC(=O)C1CN(C(=O)c2ccc(N)c([N+](=O)[O-])c2)CCO1. The fourth-order valence-corrected chi connectivity index (χ4v) is 2.13. The van der Waals surface area contributed by atoms with E-state index >= 15 is 0 Å². The van der Waals surface area contributed by atoms with Gasteiger partial charge in [0.2, 0.25) is 0 Å². The Morgan fingerprint density at radius 2 is 2.23 bits per heavy atom. The molecule has 2 rings (SSSR count). The van der Waals surface area contributed by atoms with Crippen molar-refractivity contribution in [1.82, 2.24) is 4.90 Å². The Kier molecular flexibility index (Phi) is 4.56. The van der Waals surface area contributed by atoms with Gasteiger partial charge in [0, 0.05) is 18.2 Å². The van der Waals surface area contributed by atoms with E-state index in [2.05, 4.69) is 4.74 Å². The number of hydrogen-bond donors (Lipinski definition) is 1. The molecule has 2 N–H and O–H groups in total. The van der Waals surface area contributed by atoms with Crippen LogP contribution >= 0.6 is 0 Å². The average molecular weight is 309 g/mol. The predicted molar refractivity (Wildman–Crippen MR) is 75.2 cm³/mol. The number of ether oxygens (including phenoxy) is 2. The Morgan fingerprint density at radius 1 is 1.50 bits per heavy atom. The van der Waals surface area contributed by atoms with Crippen LogP contribution in [-0.2, 0) is 14.3 Å². The van der Waals surface area contributed by atoms with Crippen molar-refractivity contribution in [2.45, 2.75) is 6.10 Å². The van der Waals surface area contributed by atoms with Crippen molar-refractivity contribution in [3.63, 3.8) is 0 Å². The lowest BCUT2D eigenvalue weighted by Gasteiger charge is -2.31. The van der Waals surface area contributed by atoms with E-state index < -0.39 is 22.9 Å². The van der Waals surface area contributed by atoms with Crippen LogP contribution in [0.4, 0.5) is 11.4 Å². The maximum Gasteiger partial charge on any atom is 0.336 e. The minimum atomic E-state index is -0.855. The molecule has 0 aliphatic carbocycles. The van der Waals surface area contributed by atoms with Crippen LogP contribution in [0, 0.1) is 10.1 Å². The van der Waals surface area contributed by atoms with Gasteiger partial charge in [0.15, 0.2) is 6.10 Å². The molecule has 1 amide bonds. The number of carbonyl (C=O) groups excluding carboxylic acids is 2. The number of esters is 1. The summed E-state index contributed by atoms with van der Waals surface area (Å²) in [7, 11) is 1.23. The summed E-state index contributed by atoms with van der Waals surface area (Å²) >= 11 is 0. The maximum absolute atomic E-state index is 12.4. The summed E-state index contributed by atoms with van der Waals surface area (Å²) in [5.74, 6) is -0.999. The Hall–Kier alpha value is -2.68. The highest BCUT2D eigenvalue weighted by Crippen LogP contribution is 2.23. The van der Waals surface area contributed by atoms with Crippen LogP contribution in [-0.4, -0.2) is 54.6 Å². The molecular weight excluding hydrogens is 294 g/mol. The van der Waals surface area contributed by atoms with Gasteiger partial charge in [-0.25, -0.2) is 4.79 Å². The molecule has 1 heterocycles. The lowest BCUT2D eigenvalue weighted by Crippen LogP contribution is -2.48. The van der Waals surface area contributed by atoms with Gasteiger partial charge in [0.25, 0.3) is 11.6 Å². The molecular formula is C13H15N3O6. The average Bonchev–Trinajstić information content (AvgIpc) is 2.53. The van der Waals surface area contributed by atoms with Crippen LogP contribution in [0.25, 0.3) is 0 Å². The van der Waals surface area contributed by atoms with Crippen LogP contribution < -0.4 is 5.73 Å². The van der Waals surface area contributed by atoms with Crippen LogP contribution in [0.3, 0.4) is 0 Å². The minimum Gasteiger partial charge on any atom is -0.467 e. The van der Waals surface area contributed by atoms with Gasteiger partial charge in [0.05, 0.1) is 25.2 Å². The number of benzene rings is 1. The Balaban J connectivity index is 2.19. The molecule has 1 aromatic rings. The first-order valence-corrected chi connectivity index (χ1v) is 6.46. The summed E-state index contributed by atoms with van der Waals surface area (Å²) in [6.07, 6.45) is -0.855. The van der Waals surface area contributed by atoms with Crippen molar-refractivity contribution in [1.29, 1.82) is 0 Å². The molecule has 0 radical (unpaired) electrons. The summed E-state index contributed by atoms with van der Waals surface area (Å²) in [5.41, 5.74) is 5.28. The zero-order valence-corrected chi connectivity index (χ0v) is 11.9. The van der Waals surface area contributed by atoms with E-state index in [1.165, 1.54) is 24.1 Å². The molecule has 0 aromatic heterocycles. The molecule has 0 bridgehead atoms. The van der Waals surface area contributed by atoms with E-state index in [-0.39, 0.29) is 36.6 Å². The molecule has 9 nitrogen and oxygen atoms in total. The molecule has 1 atom stereocenters. The van der Waals surface area contributed by atoms with Crippen molar-refractivity contribution < 1.29 is 24.0 Å². The molecule has 118 valence electrons. The third kappa shape index (κ3) is 3.14. The summed E-state index contributed by atoms with van der Waals surface area (Å²) in [4.78, 5) is 35.5. The largest absolute Gasteiger partial charge is 0.467 e. The van der Waals surface area contributed by atoms with Gasteiger partial charge in [-0.2, -0.15) is 0 Å². The van der Waals surface area contributed by atoms with Gasteiger partial charge < -0.3 is 20.1 Å². The fraction of sp³-hybridized carbons (Fsp3) is 0.385. The molecule has 1 fully saturated rings. The van der Waals surface area contributed by atoms with Gasteiger partial charge in [-0.3, -0.25) is 14.9 Å². The number of nitrogen functional groups attached to an aromatic ring is 1. The number of morpholine rings is 1. The van der Waals surface area contributed by atoms with Crippen molar-refractivity contribution in [2.24, 2.45) is 0 Å². The topological polar surface area (TPSA) is 125 Å². The third-order valence-corrected chi connectivity index (χ3v) is 3.29. The molecule has 1 aliphatic rings. The molecule has 0 spiro atoms. The normalized spacial score (nSPS) is 17.9. The standard InChI is InChI=1S/C13H15N3O6/c1-21-13(18)11-7-15(4-5-22-11)12(17)8-2-3-9(14)10(6-8)16(19)20/h2-3,6,11H,4-5,7,14H2,1H3. The van der Waals surface area contributed by atoms with E-state index in [9.17, 15) is 19.7 Å². The lowest BCUT2D eigenvalue weighted by molar-refractivity contribution is -0.383. The molecule has 1 aromatic carbocycles. The number of anilines is 1. The van der Waals surface area contributed by atoms with E-state index in [4.69, 9.17) is 10.5 Å². The quantitative estimate of drug-likeness (QED) is 0.365. The van der Waals surface area contributed by atoms with Crippen molar-refractivity contribution >= 4 is 23.3 Å². The van der Waals surface area contributed by atoms with Crippen molar-refractivity contribution in [2.75, 3.05) is 32.5 Å². The monoisotopic (exact) mass is 309 g/mol. The van der Waals surface area contributed by atoms with Crippen LogP contribution in [0.1, 0.15) is 10.4 Å². The van der Waals surface area contributed by atoms with Crippen LogP contribution in [0.2, 0.25) is 0 Å². The van der Waals surface area contributed by atoms with Gasteiger partial charge in [-0.1, -0.05) is 0 Å². The molecule has 1 saturated heterocycles. The molecule has 1 unspecified atom stereocenters. The number of rotatable bonds is 3. The number of nitrogens with two attached hydrogens (primary N) is 1. The first kappa shape index (κ1) is 15.7. The second-order valence-electron chi connectivity index (χ2n) is 4.66. The smallest absolute Gasteiger partial charge is 0.336 e. The lowest BCUT2D eigenvalue weighted by atomic mass is 10.1. The van der Waals surface area contributed by atoms with Crippen LogP contribution in [0.15, 0.2) is 18.2 Å². The summed E-state index contributed by atoms with van der Waals surface area (Å²) in [6.45, 7) is 0.497. The highest BCUT2D eigenvalue weighted by Gasteiger charge is 2.31. The van der Waals surface area contributed by atoms with Crippen molar-refractivity contribution in [3.8, 4) is 0 Å². The number of amides is 1. The van der Waals surface area contributed by atoms with Gasteiger partial charge in [-0.15, -0.1) is 0 Å². The van der Waals surface area contributed by atoms with Gasteiger partial charge >= 0.3 is 5.97 Å². The highest BCUT2D eigenvalue weighted by atomic mass is 16.6. The summed E-state index contributed by atoms with van der Waals surface area (Å²) < 4.78 is 9.81. The Morgan fingerprint density at radius 3 is 2.86 bits per heavy atom. The number of hydrogen-bond acceptors (Lipinski definition) is 7. The second-order valence-corrected chi connectivity index (χ2v) is 4.66. The molecule has 22 heavy (non-hydrogen) atoms. The zero-order chi connectivity index (χ0) is 16.3. The first-order valence-electron chi connectivity index (χ1n) is 6.46. The summed E-state index contributed by atoms with van der Waals surface area (Å²) in [5, 5.41) is 10.9. The minimum absolute atomic E-state index is 0.0176. The number of nitro benzene ring substituents is 1. The number of nitro groups is 1. The Labute approximate surface area is 125 Å². The molecule has 0 saturated carbocycles. The third-order valence-electron chi connectivity index (χ3n) is 3.29.